The summed E-state index contributed by atoms with van der Waals surface area (Å²) in [5, 5.41) is 12.3. The highest BCUT2D eigenvalue weighted by atomic mass is 35.5. The molecule has 0 radical (unpaired) electrons. The van der Waals surface area contributed by atoms with Gasteiger partial charge in [0.05, 0.1) is 5.02 Å². The Hall–Kier alpha value is -2.15. The maximum atomic E-state index is 13.3. The molecule has 0 amide bonds. The number of carbonyl (C=O) groups is 1. The number of nitrogens with zero attached hydrogens (tertiary/aromatic N) is 2. The first-order chi connectivity index (χ1) is 8.97. The molecule has 2 rings (SSSR count). The SMILES string of the molecule is O=C(O)c1nn(COc2ccc(F)cc2F)cc1Cl. The maximum absolute atomic E-state index is 13.3. The quantitative estimate of drug-likeness (QED) is 0.939. The zero-order chi connectivity index (χ0) is 14.0. The molecule has 1 aromatic heterocycles. The first-order valence-electron chi connectivity index (χ1n) is 5.01. The van der Waals surface area contributed by atoms with Crippen LogP contribution in [0.25, 0.3) is 0 Å². The van der Waals surface area contributed by atoms with Gasteiger partial charge in [-0.3, -0.25) is 0 Å². The minimum Gasteiger partial charge on any atom is -0.476 e. The average Bonchev–Trinajstić information content (AvgIpc) is 2.69. The summed E-state index contributed by atoms with van der Waals surface area (Å²) in [4.78, 5) is 10.7. The summed E-state index contributed by atoms with van der Waals surface area (Å²) in [7, 11) is 0. The number of hydrogen-bond acceptors (Lipinski definition) is 3. The van der Waals surface area contributed by atoms with Crippen LogP contribution < -0.4 is 4.74 Å². The Morgan fingerprint density at radius 1 is 1.47 bits per heavy atom. The van der Waals surface area contributed by atoms with Crippen LogP contribution in [-0.2, 0) is 6.73 Å². The second-order valence-corrected chi connectivity index (χ2v) is 3.93. The normalized spacial score (nSPS) is 10.5. The van der Waals surface area contributed by atoms with E-state index >= 15 is 0 Å². The van der Waals surface area contributed by atoms with Gasteiger partial charge in [0.15, 0.2) is 24.0 Å². The molecule has 0 bridgehead atoms. The third-order valence-electron chi connectivity index (χ3n) is 2.17. The highest BCUT2D eigenvalue weighted by Crippen LogP contribution is 2.19. The molecule has 100 valence electrons. The van der Waals surface area contributed by atoms with E-state index in [-0.39, 0.29) is 23.2 Å². The van der Waals surface area contributed by atoms with Crippen molar-refractivity contribution in [3.63, 3.8) is 0 Å². The Labute approximate surface area is 111 Å². The average molecular weight is 289 g/mol. The summed E-state index contributed by atoms with van der Waals surface area (Å²) >= 11 is 5.63. The summed E-state index contributed by atoms with van der Waals surface area (Å²) in [6, 6.07) is 2.83. The van der Waals surface area contributed by atoms with Crippen LogP contribution in [0.5, 0.6) is 5.75 Å². The van der Waals surface area contributed by atoms with E-state index in [1.807, 2.05) is 0 Å². The summed E-state index contributed by atoms with van der Waals surface area (Å²) < 4.78 is 32.0. The summed E-state index contributed by atoms with van der Waals surface area (Å²) in [6.07, 6.45) is 1.23. The number of rotatable bonds is 4. The Kier molecular flexibility index (Phi) is 3.66. The third-order valence-corrected chi connectivity index (χ3v) is 2.44. The van der Waals surface area contributed by atoms with Gasteiger partial charge in [-0.15, -0.1) is 0 Å². The number of carboxylic acids is 1. The van der Waals surface area contributed by atoms with Gasteiger partial charge in [-0.25, -0.2) is 18.3 Å². The van der Waals surface area contributed by atoms with E-state index in [2.05, 4.69) is 5.10 Å². The second-order valence-electron chi connectivity index (χ2n) is 3.52. The van der Waals surface area contributed by atoms with Crippen molar-refractivity contribution >= 4 is 17.6 Å². The Morgan fingerprint density at radius 2 is 2.21 bits per heavy atom. The van der Waals surface area contributed by atoms with Crippen LogP contribution in [0, 0.1) is 11.6 Å². The first-order valence-corrected chi connectivity index (χ1v) is 5.39. The van der Waals surface area contributed by atoms with Crippen molar-refractivity contribution in [2.24, 2.45) is 0 Å². The molecule has 5 nitrogen and oxygen atoms in total. The Balaban J connectivity index is 2.10. The number of aromatic carboxylic acids is 1. The smallest absolute Gasteiger partial charge is 0.357 e. The van der Waals surface area contributed by atoms with E-state index in [0.717, 1.165) is 16.8 Å². The lowest BCUT2D eigenvalue weighted by Gasteiger charge is -2.06. The number of benzene rings is 1. The van der Waals surface area contributed by atoms with Gasteiger partial charge in [-0.2, -0.15) is 5.10 Å². The standard InChI is InChI=1S/C11H7ClF2N2O3/c12-7-4-16(15-10(7)11(17)18)5-19-9-2-1-6(13)3-8(9)14/h1-4H,5H2,(H,17,18). The van der Waals surface area contributed by atoms with Crippen molar-refractivity contribution in [3.8, 4) is 5.75 Å². The van der Waals surface area contributed by atoms with Crippen LogP contribution in [0.3, 0.4) is 0 Å². The predicted molar refractivity (Wildman–Crippen MR) is 61.2 cm³/mol. The van der Waals surface area contributed by atoms with Crippen LogP contribution in [0.15, 0.2) is 24.4 Å². The lowest BCUT2D eigenvalue weighted by Crippen LogP contribution is -2.08. The predicted octanol–water partition coefficient (Wildman–Crippen LogP) is 2.55. The number of ether oxygens (including phenoxy) is 1. The highest BCUT2D eigenvalue weighted by molar-refractivity contribution is 6.33. The van der Waals surface area contributed by atoms with Gasteiger partial charge in [-0.1, -0.05) is 11.6 Å². The van der Waals surface area contributed by atoms with Crippen LogP contribution in [0.2, 0.25) is 5.02 Å². The van der Waals surface area contributed by atoms with E-state index in [9.17, 15) is 13.6 Å². The largest absolute Gasteiger partial charge is 0.476 e. The summed E-state index contributed by atoms with van der Waals surface area (Å²) in [5.74, 6) is -3.04. The zero-order valence-electron chi connectivity index (χ0n) is 9.31. The van der Waals surface area contributed by atoms with E-state index < -0.39 is 17.6 Å². The van der Waals surface area contributed by atoms with Crippen LogP contribution >= 0.6 is 11.6 Å². The summed E-state index contributed by atoms with van der Waals surface area (Å²) in [5.41, 5.74) is -0.329. The van der Waals surface area contributed by atoms with E-state index in [4.69, 9.17) is 21.4 Å². The number of carboxylic acid groups (broad SMARTS) is 1. The lowest BCUT2D eigenvalue weighted by molar-refractivity contribution is 0.0688. The second kappa shape index (κ2) is 5.23. The van der Waals surface area contributed by atoms with Crippen molar-refractivity contribution in [2.45, 2.75) is 6.73 Å². The molecule has 0 fully saturated rings. The van der Waals surface area contributed by atoms with E-state index in [1.54, 1.807) is 0 Å². The number of halogens is 3. The van der Waals surface area contributed by atoms with Gasteiger partial charge in [0.2, 0.25) is 0 Å². The molecule has 0 saturated heterocycles. The van der Waals surface area contributed by atoms with Gasteiger partial charge in [0, 0.05) is 12.3 Å². The fourth-order valence-electron chi connectivity index (χ4n) is 1.34. The van der Waals surface area contributed by atoms with Crippen molar-refractivity contribution < 1.29 is 23.4 Å². The van der Waals surface area contributed by atoms with Gasteiger partial charge in [0.1, 0.15) is 5.82 Å². The van der Waals surface area contributed by atoms with Crippen molar-refractivity contribution in [3.05, 3.63) is 46.7 Å². The monoisotopic (exact) mass is 288 g/mol. The van der Waals surface area contributed by atoms with Crippen molar-refractivity contribution in [1.29, 1.82) is 0 Å². The van der Waals surface area contributed by atoms with Gasteiger partial charge >= 0.3 is 5.97 Å². The topological polar surface area (TPSA) is 64.3 Å². The van der Waals surface area contributed by atoms with Gasteiger partial charge in [0.25, 0.3) is 0 Å². The molecule has 1 N–H and O–H groups in total. The minimum atomic E-state index is -1.28. The van der Waals surface area contributed by atoms with E-state index in [1.165, 1.54) is 6.20 Å². The van der Waals surface area contributed by atoms with Crippen LogP contribution in [0.4, 0.5) is 8.78 Å². The highest BCUT2D eigenvalue weighted by Gasteiger charge is 2.14. The molecule has 0 aliphatic heterocycles. The van der Waals surface area contributed by atoms with Gasteiger partial charge < -0.3 is 9.84 Å². The molecular weight excluding hydrogens is 282 g/mol. The van der Waals surface area contributed by atoms with Crippen LogP contribution in [0.1, 0.15) is 10.5 Å². The molecule has 2 aromatic rings. The van der Waals surface area contributed by atoms with E-state index in [0.29, 0.717) is 6.07 Å². The summed E-state index contributed by atoms with van der Waals surface area (Å²) in [6.45, 7) is -0.254. The lowest BCUT2D eigenvalue weighted by atomic mass is 10.3. The molecule has 1 aromatic carbocycles. The Bertz CT molecular complexity index is 630. The molecule has 0 aliphatic rings. The Morgan fingerprint density at radius 3 is 2.79 bits per heavy atom. The third kappa shape index (κ3) is 3.00. The zero-order valence-corrected chi connectivity index (χ0v) is 10.1. The van der Waals surface area contributed by atoms with Crippen molar-refractivity contribution in [2.75, 3.05) is 0 Å². The molecule has 0 aliphatic carbocycles. The number of hydrogen-bond donors (Lipinski definition) is 1. The molecule has 0 unspecified atom stereocenters. The molecule has 0 saturated carbocycles. The van der Waals surface area contributed by atoms with Crippen LogP contribution in [-0.4, -0.2) is 20.9 Å². The van der Waals surface area contributed by atoms with Gasteiger partial charge in [-0.05, 0) is 12.1 Å². The minimum absolute atomic E-state index is 0.0596. The van der Waals surface area contributed by atoms with Crippen molar-refractivity contribution in [1.82, 2.24) is 9.78 Å². The molecule has 8 heteroatoms. The molecule has 19 heavy (non-hydrogen) atoms. The maximum Gasteiger partial charge on any atom is 0.357 e. The first kappa shape index (κ1) is 13.3. The molecular formula is C11H7ClF2N2O3. The molecule has 0 spiro atoms. The fourth-order valence-corrected chi connectivity index (χ4v) is 1.57. The molecule has 1 heterocycles. The fraction of sp³-hybridized carbons (Fsp3) is 0.0909. The number of aromatic nitrogens is 2. The molecule has 0 atom stereocenters.